The predicted octanol–water partition coefficient (Wildman–Crippen LogP) is 1.21. The van der Waals surface area contributed by atoms with Crippen molar-refractivity contribution in [2.24, 2.45) is 0 Å². The van der Waals surface area contributed by atoms with Crippen LogP contribution in [0.15, 0.2) is 83.1 Å². The lowest BCUT2D eigenvalue weighted by molar-refractivity contribution is -0.141. The number of allylic oxidation sites excluding steroid dienone is 13. The molecule has 0 aliphatic heterocycles. The van der Waals surface area contributed by atoms with Gasteiger partial charge in [-0.15, -0.1) is 0 Å². The van der Waals surface area contributed by atoms with Gasteiger partial charge < -0.3 is 0 Å². The molecule has 0 spiro atoms. The van der Waals surface area contributed by atoms with Gasteiger partial charge in [0, 0.05) is 22.3 Å². The molecule has 6 heteroatoms. The molecule has 4 bridgehead atoms. The van der Waals surface area contributed by atoms with Gasteiger partial charge in [0.2, 0.25) is 23.1 Å². The van der Waals surface area contributed by atoms with Crippen LogP contribution in [0.25, 0.3) is 0 Å². The third kappa shape index (κ3) is 3.32. The van der Waals surface area contributed by atoms with Crippen molar-refractivity contribution >= 4 is 34.7 Å². The van der Waals surface area contributed by atoms with Crippen LogP contribution in [0.4, 0.5) is 0 Å². The van der Waals surface area contributed by atoms with Gasteiger partial charge in [-0.05, 0) is 24.6 Å². The first-order valence-corrected chi connectivity index (χ1v) is 7.94. The second kappa shape index (κ2) is 6.84. The fraction of sp³-hybridized carbons (Fsp3) is 0.0476. The lowest BCUT2D eigenvalue weighted by Crippen LogP contribution is -2.30. The molecule has 6 nitrogen and oxygen atoms in total. The second-order valence-corrected chi connectivity index (χ2v) is 6.01. The molecule has 0 aromatic heterocycles. The van der Waals surface area contributed by atoms with Gasteiger partial charge in [0.1, 0.15) is 0 Å². The summed E-state index contributed by atoms with van der Waals surface area (Å²) in [6, 6.07) is 0. The minimum atomic E-state index is -1.14. The lowest BCUT2D eigenvalue weighted by Gasteiger charge is -2.12. The number of hydrogen-bond donors (Lipinski definition) is 0. The molecule has 0 N–H and O–H groups in total. The average molecular weight is 360 g/mol. The molecule has 132 valence electrons. The van der Waals surface area contributed by atoms with E-state index in [-0.39, 0.29) is 28.7 Å². The van der Waals surface area contributed by atoms with E-state index in [1.165, 1.54) is 48.6 Å². The van der Waals surface area contributed by atoms with Gasteiger partial charge in [-0.3, -0.25) is 28.8 Å². The third-order valence-electron chi connectivity index (χ3n) is 4.10. The summed E-state index contributed by atoms with van der Waals surface area (Å²) < 4.78 is 0. The van der Waals surface area contributed by atoms with E-state index in [2.05, 4.69) is 6.58 Å². The van der Waals surface area contributed by atoms with Crippen molar-refractivity contribution in [1.82, 2.24) is 0 Å². The molecule has 0 aromatic carbocycles. The SMILES string of the molecule is C=C1/C=C2C=C(/C=C\C=C/C3=CC(=C\C1)/C(=O)C(=O)C3=O)C(=O)C(=O)C\2=O. The van der Waals surface area contributed by atoms with Crippen LogP contribution in [0.5, 0.6) is 0 Å². The minimum Gasteiger partial charge on any atom is -0.285 e. The van der Waals surface area contributed by atoms with E-state index in [1.807, 2.05) is 0 Å². The van der Waals surface area contributed by atoms with E-state index in [0.29, 0.717) is 5.57 Å². The Kier molecular flexibility index (Phi) is 4.56. The van der Waals surface area contributed by atoms with Crippen molar-refractivity contribution in [3.8, 4) is 0 Å². The Balaban J connectivity index is 2.13. The van der Waals surface area contributed by atoms with Gasteiger partial charge in [0.25, 0.3) is 11.6 Å². The van der Waals surface area contributed by atoms with Crippen molar-refractivity contribution in [2.45, 2.75) is 6.42 Å². The topological polar surface area (TPSA) is 102 Å². The van der Waals surface area contributed by atoms with Gasteiger partial charge >= 0.3 is 0 Å². The molecule has 0 saturated carbocycles. The maximum atomic E-state index is 12.0. The summed E-state index contributed by atoms with van der Waals surface area (Å²) >= 11 is 0. The summed E-state index contributed by atoms with van der Waals surface area (Å²) in [5, 5.41) is 0. The summed E-state index contributed by atoms with van der Waals surface area (Å²) in [5.41, 5.74) is 0.502. The smallest absolute Gasteiger partial charge is 0.273 e. The molecule has 3 aliphatic carbocycles. The molecule has 3 rings (SSSR count). The molecule has 0 atom stereocenters. The van der Waals surface area contributed by atoms with E-state index in [0.717, 1.165) is 0 Å². The molecule has 0 fully saturated rings. The predicted molar refractivity (Wildman–Crippen MR) is 94.4 cm³/mol. The lowest BCUT2D eigenvalue weighted by atomic mass is 9.88. The van der Waals surface area contributed by atoms with E-state index < -0.39 is 34.7 Å². The summed E-state index contributed by atoms with van der Waals surface area (Å²) in [4.78, 5) is 71.6. The molecule has 3 aliphatic rings. The number of hydrogen-bond acceptors (Lipinski definition) is 6. The zero-order valence-electron chi connectivity index (χ0n) is 14.0. The Hall–Kier alpha value is -3.80. The highest BCUT2D eigenvalue weighted by molar-refractivity contribution is 6.72. The second-order valence-electron chi connectivity index (χ2n) is 6.01. The molecule has 0 aromatic rings. The van der Waals surface area contributed by atoms with Crippen molar-refractivity contribution in [3.63, 3.8) is 0 Å². The van der Waals surface area contributed by atoms with Crippen LogP contribution in [0.3, 0.4) is 0 Å². The van der Waals surface area contributed by atoms with Gasteiger partial charge in [0.05, 0.1) is 0 Å². The van der Waals surface area contributed by atoms with Crippen LogP contribution in [0.2, 0.25) is 0 Å². The highest BCUT2D eigenvalue weighted by Gasteiger charge is 2.33. The zero-order valence-corrected chi connectivity index (χ0v) is 14.0. The van der Waals surface area contributed by atoms with E-state index >= 15 is 0 Å². The van der Waals surface area contributed by atoms with Crippen LogP contribution < -0.4 is 0 Å². The van der Waals surface area contributed by atoms with Gasteiger partial charge in [-0.1, -0.05) is 42.5 Å². The summed E-state index contributed by atoms with van der Waals surface area (Å²) in [6.45, 7) is 3.76. The zero-order chi connectivity index (χ0) is 19.7. The first kappa shape index (κ1) is 18.0. The highest BCUT2D eigenvalue weighted by Crippen LogP contribution is 2.21. The highest BCUT2D eigenvalue weighted by atomic mass is 16.2. The van der Waals surface area contributed by atoms with Crippen molar-refractivity contribution < 1.29 is 28.8 Å². The molecule has 0 amide bonds. The first-order chi connectivity index (χ1) is 12.8. The average Bonchev–Trinajstić information content (AvgIpc) is 2.65. The van der Waals surface area contributed by atoms with Crippen molar-refractivity contribution in [3.05, 3.63) is 83.1 Å². The summed E-state index contributed by atoms with van der Waals surface area (Å²) in [5.74, 6) is -5.93. The Labute approximate surface area is 153 Å². The van der Waals surface area contributed by atoms with Crippen LogP contribution in [-0.4, -0.2) is 34.7 Å². The molecule has 0 unspecified atom stereocenters. The Morgan fingerprint density at radius 1 is 0.556 bits per heavy atom. The van der Waals surface area contributed by atoms with Gasteiger partial charge in [0.15, 0.2) is 0 Å². The van der Waals surface area contributed by atoms with Crippen molar-refractivity contribution in [1.29, 1.82) is 0 Å². The molecule has 27 heavy (non-hydrogen) atoms. The van der Waals surface area contributed by atoms with Gasteiger partial charge in [-0.25, -0.2) is 0 Å². The third-order valence-corrected chi connectivity index (χ3v) is 4.10. The van der Waals surface area contributed by atoms with Crippen LogP contribution in [-0.2, 0) is 28.8 Å². The number of Topliss-reactive ketones (excluding diaryl/α,β-unsaturated/α-hetero) is 6. The minimum absolute atomic E-state index is 0.0149. The maximum Gasteiger partial charge on any atom is 0.273 e. The number of carbonyl (C=O) groups excluding carboxylic acids is 6. The number of carbonyl (C=O) groups is 6. The number of ketones is 6. The Morgan fingerprint density at radius 3 is 1.56 bits per heavy atom. The molecule has 0 radical (unpaired) electrons. The molecule has 0 heterocycles. The molecule has 0 saturated heterocycles. The van der Waals surface area contributed by atoms with E-state index in [1.54, 1.807) is 0 Å². The normalized spacial score (nSPS) is 27.0. The van der Waals surface area contributed by atoms with Crippen LogP contribution in [0, 0.1) is 0 Å². The summed E-state index contributed by atoms with van der Waals surface area (Å²) in [7, 11) is 0. The van der Waals surface area contributed by atoms with Crippen LogP contribution in [0.1, 0.15) is 6.42 Å². The Bertz CT molecular complexity index is 1050. The summed E-state index contributed by atoms with van der Waals surface area (Å²) in [6.07, 6.45) is 10.9. The Morgan fingerprint density at radius 2 is 1.00 bits per heavy atom. The quantitative estimate of drug-likeness (QED) is 0.602. The molecular formula is C21H12O6. The molecular weight excluding hydrogens is 348 g/mol. The largest absolute Gasteiger partial charge is 0.285 e. The van der Waals surface area contributed by atoms with E-state index in [9.17, 15) is 28.8 Å². The standard InChI is InChI=1S/C21H12O6/c1-11-6-7-14-9-12(16(22)20(26)18(14)24)4-2-3-5-13-10-15(8-11)19(25)21(27)17(13)23/h2-5,7-10H,1,6H2/b4-2-,5-3-,14-7+,15-8+. The van der Waals surface area contributed by atoms with Crippen LogP contribution >= 0.6 is 0 Å². The van der Waals surface area contributed by atoms with Gasteiger partial charge in [-0.2, -0.15) is 0 Å². The van der Waals surface area contributed by atoms with Crippen molar-refractivity contribution in [2.75, 3.05) is 0 Å². The fourth-order valence-electron chi connectivity index (χ4n) is 2.67. The van der Waals surface area contributed by atoms with E-state index in [4.69, 9.17) is 0 Å². The maximum absolute atomic E-state index is 12.0. The number of fused-ring (bicyclic) bond motifs is 2. The fourth-order valence-corrected chi connectivity index (χ4v) is 2.67. The monoisotopic (exact) mass is 360 g/mol. The number of rotatable bonds is 0. The first-order valence-electron chi connectivity index (χ1n) is 7.94.